The first-order valence-electron chi connectivity index (χ1n) is 7.04. The highest BCUT2D eigenvalue weighted by molar-refractivity contribution is 5.86. The van der Waals surface area contributed by atoms with Crippen molar-refractivity contribution >= 4 is 12.1 Å². The van der Waals surface area contributed by atoms with Crippen LogP contribution in [0.1, 0.15) is 33.6 Å². The van der Waals surface area contributed by atoms with Crippen LogP contribution in [0.3, 0.4) is 0 Å². The second kappa shape index (κ2) is 7.09. The van der Waals surface area contributed by atoms with Gasteiger partial charge in [0, 0.05) is 32.6 Å². The standard InChI is InChI=1S/C14H25NO6/c1-13(2,3)21-12(18)15(7-8-16)14(11(17)19-4)5-9-20-10-6-14/h16H,5-10H2,1-4H3. The minimum atomic E-state index is -1.14. The fourth-order valence-electron chi connectivity index (χ4n) is 2.38. The monoisotopic (exact) mass is 303 g/mol. The van der Waals surface area contributed by atoms with E-state index in [1.165, 1.54) is 12.0 Å². The van der Waals surface area contributed by atoms with Gasteiger partial charge >= 0.3 is 12.1 Å². The lowest BCUT2D eigenvalue weighted by Crippen LogP contribution is -2.61. The van der Waals surface area contributed by atoms with Crippen LogP contribution in [0.5, 0.6) is 0 Å². The molecule has 0 aromatic heterocycles. The van der Waals surface area contributed by atoms with E-state index in [0.29, 0.717) is 26.1 Å². The maximum Gasteiger partial charge on any atom is 0.411 e. The van der Waals surface area contributed by atoms with E-state index in [1.54, 1.807) is 20.8 Å². The number of nitrogens with zero attached hydrogens (tertiary/aromatic N) is 1. The molecule has 0 saturated carbocycles. The summed E-state index contributed by atoms with van der Waals surface area (Å²) in [4.78, 5) is 26.0. The number of β-amino-alcohol motifs (C(OH)–C–C–N with tert-alkyl or cyclic N) is 1. The van der Waals surface area contributed by atoms with Gasteiger partial charge < -0.3 is 19.3 Å². The highest BCUT2D eigenvalue weighted by Gasteiger charge is 2.49. The Bertz CT molecular complexity index is 370. The van der Waals surface area contributed by atoms with E-state index in [2.05, 4.69) is 0 Å². The number of carbonyl (C=O) groups is 2. The molecule has 7 heteroatoms. The Morgan fingerprint density at radius 2 is 1.86 bits per heavy atom. The van der Waals surface area contributed by atoms with Crippen molar-refractivity contribution in [1.82, 2.24) is 4.90 Å². The van der Waals surface area contributed by atoms with E-state index >= 15 is 0 Å². The summed E-state index contributed by atoms with van der Waals surface area (Å²) in [5.41, 5.74) is -1.83. The van der Waals surface area contributed by atoms with Crippen LogP contribution in [-0.2, 0) is 19.0 Å². The Morgan fingerprint density at radius 1 is 1.29 bits per heavy atom. The smallest absolute Gasteiger partial charge is 0.411 e. The summed E-state index contributed by atoms with van der Waals surface area (Å²) >= 11 is 0. The van der Waals surface area contributed by atoms with Gasteiger partial charge in [0.1, 0.15) is 11.1 Å². The number of rotatable bonds is 4. The van der Waals surface area contributed by atoms with Crippen molar-refractivity contribution in [2.45, 2.75) is 44.8 Å². The van der Waals surface area contributed by atoms with E-state index in [-0.39, 0.29) is 13.2 Å². The van der Waals surface area contributed by atoms with Gasteiger partial charge in [-0.15, -0.1) is 0 Å². The first kappa shape index (κ1) is 17.7. The van der Waals surface area contributed by atoms with Gasteiger partial charge in [-0.1, -0.05) is 0 Å². The van der Waals surface area contributed by atoms with Crippen molar-refractivity contribution in [3.63, 3.8) is 0 Å². The summed E-state index contributed by atoms with van der Waals surface area (Å²) in [5.74, 6) is -0.509. The highest BCUT2D eigenvalue weighted by atomic mass is 16.6. The zero-order chi connectivity index (χ0) is 16.1. The zero-order valence-electron chi connectivity index (χ0n) is 13.2. The zero-order valence-corrected chi connectivity index (χ0v) is 13.2. The molecule has 1 heterocycles. The molecule has 0 atom stereocenters. The number of aliphatic hydroxyl groups is 1. The van der Waals surface area contributed by atoms with Crippen molar-refractivity contribution in [3.05, 3.63) is 0 Å². The molecule has 0 bridgehead atoms. The number of amides is 1. The van der Waals surface area contributed by atoms with Crippen LogP contribution < -0.4 is 0 Å². The van der Waals surface area contributed by atoms with Gasteiger partial charge in [0.15, 0.2) is 0 Å². The van der Waals surface area contributed by atoms with Crippen LogP contribution in [0.2, 0.25) is 0 Å². The van der Waals surface area contributed by atoms with E-state index < -0.39 is 23.2 Å². The molecule has 0 unspecified atom stereocenters. The van der Waals surface area contributed by atoms with Crippen molar-refractivity contribution in [1.29, 1.82) is 0 Å². The second-order valence-electron chi connectivity index (χ2n) is 5.99. The summed E-state index contributed by atoms with van der Waals surface area (Å²) in [6.07, 6.45) is 0.00141. The number of hydrogen-bond donors (Lipinski definition) is 1. The van der Waals surface area contributed by atoms with Crippen LogP contribution in [0.15, 0.2) is 0 Å². The van der Waals surface area contributed by atoms with Crippen LogP contribution in [-0.4, -0.2) is 66.7 Å². The van der Waals surface area contributed by atoms with Crippen LogP contribution in [0, 0.1) is 0 Å². The predicted octanol–water partition coefficient (Wildman–Crippen LogP) is 0.938. The lowest BCUT2D eigenvalue weighted by Gasteiger charge is -2.43. The third-order valence-electron chi connectivity index (χ3n) is 3.34. The number of carbonyl (C=O) groups excluding carboxylic acids is 2. The molecule has 7 nitrogen and oxygen atoms in total. The van der Waals surface area contributed by atoms with Crippen molar-refractivity contribution in [3.8, 4) is 0 Å². The van der Waals surface area contributed by atoms with Gasteiger partial charge in [0.2, 0.25) is 0 Å². The molecule has 1 aliphatic rings. The van der Waals surface area contributed by atoms with Crippen LogP contribution in [0.4, 0.5) is 4.79 Å². The van der Waals surface area contributed by atoms with Crippen molar-refractivity contribution < 1.29 is 28.9 Å². The molecule has 0 spiro atoms. The summed E-state index contributed by atoms with van der Waals surface area (Å²) in [6.45, 7) is 5.67. The second-order valence-corrected chi connectivity index (χ2v) is 5.99. The fraction of sp³-hybridized carbons (Fsp3) is 0.857. The third kappa shape index (κ3) is 4.31. The lowest BCUT2D eigenvalue weighted by molar-refractivity contribution is -0.162. The number of aliphatic hydroxyl groups excluding tert-OH is 1. The Morgan fingerprint density at radius 3 is 2.29 bits per heavy atom. The highest BCUT2D eigenvalue weighted by Crippen LogP contribution is 2.31. The Hall–Kier alpha value is -1.34. The number of methoxy groups -OCH3 is 1. The Labute approximate surface area is 125 Å². The molecule has 0 aromatic rings. The lowest BCUT2D eigenvalue weighted by atomic mass is 9.88. The predicted molar refractivity (Wildman–Crippen MR) is 74.8 cm³/mol. The normalized spacial score (nSPS) is 18.0. The molecule has 1 N–H and O–H groups in total. The first-order valence-corrected chi connectivity index (χ1v) is 7.04. The molecule has 21 heavy (non-hydrogen) atoms. The largest absolute Gasteiger partial charge is 0.467 e. The fourth-order valence-corrected chi connectivity index (χ4v) is 2.38. The molecule has 1 amide bonds. The number of esters is 1. The minimum Gasteiger partial charge on any atom is -0.467 e. The topological polar surface area (TPSA) is 85.3 Å². The van der Waals surface area contributed by atoms with Gasteiger partial charge in [-0.05, 0) is 20.8 Å². The minimum absolute atomic E-state index is 0.00398. The van der Waals surface area contributed by atoms with E-state index in [4.69, 9.17) is 14.2 Å². The maximum absolute atomic E-state index is 12.4. The van der Waals surface area contributed by atoms with Crippen molar-refractivity contribution in [2.24, 2.45) is 0 Å². The van der Waals surface area contributed by atoms with E-state index in [9.17, 15) is 14.7 Å². The molecule has 1 fully saturated rings. The Kier molecular flexibility index (Phi) is 5.98. The molecular weight excluding hydrogens is 278 g/mol. The van der Waals surface area contributed by atoms with Crippen molar-refractivity contribution in [2.75, 3.05) is 33.5 Å². The number of hydrogen-bond acceptors (Lipinski definition) is 6. The molecule has 1 saturated heterocycles. The number of ether oxygens (including phenoxy) is 3. The molecule has 0 radical (unpaired) electrons. The summed E-state index contributed by atoms with van der Waals surface area (Å²) < 4.78 is 15.5. The van der Waals surface area contributed by atoms with E-state index in [0.717, 1.165) is 0 Å². The molecule has 1 rings (SSSR count). The molecule has 122 valence electrons. The molecule has 0 aliphatic carbocycles. The van der Waals surface area contributed by atoms with Gasteiger partial charge in [-0.3, -0.25) is 4.90 Å². The third-order valence-corrected chi connectivity index (χ3v) is 3.34. The van der Waals surface area contributed by atoms with Crippen LogP contribution in [0.25, 0.3) is 0 Å². The molecule has 1 aliphatic heterocycles. The quantitative estimate of drug-likeness (QED) is 0.778. The maximum atomic E-state index is 12.4. The van der Waals surface area contributed by atoms with Gasteiger partial charge in [-0.25, -0.2) is 9.59 Å². The average Bonchev–Trinajstić information content (AvgIpc) is 2.42. The van der Waals surface area contributed by atoms with Crippen LogP contribution >= 0.6 is 0 Å². The van der Waals surface area contributed by atoms with Gasteiger partial charge in [-0.2, -0.15) is 0 Å². The van der Waals surface area contributed by atoms with Gasteiger partial charge in [0.25, 0.3) is 0 Å². The summed E-state index contributed by atoms with van der Waals surface area (Å²) in [5, 5.41) is 9.25. The average molecular weight is 303 g/mol. The van der Waals surface area contributed by atoms with Gasteiger partial charge in [0.05, 0.1) is 13.7 Å². The summed E-state index contributed by atoms with van der Waals surface area (Å²) in [6, 6.07) is 0. The Balaban J connectivity index is 3.07. The molecule has 0 aromatic carbocycles. The first-order chi connectivity index (χ1) is 9.77. The summed E-state index contributed by atoms with van der Waals surface area (Å²) in [7, 11) is 1.28. The molecular formula is C14H25NO6. The van der Waals surface area contributed by atoms with E-state index in [1.807, 2.05) is 0 Å². The SMILES string of the molecule is COC(=O)C1(N(CCO)C(=O)OC(C)(C)C)CCOCC1.